The molecule has 0 aromatic heterocycles. The quantitative estimate of drug-likeness (QED) is 0.842. The molecule has 4 heteroatoms. The van der Waals surface area contributed by atoms with Crippen LogP contribution in [0.25, 0.3) is 0 Å². The van der Waals surface area contributed by atoms with E-state index in [2.05, 4.69) is 5.32 Å². The van der Waals surface area contributed by atoms with Crippen LogP contribution in [0.4, 0.5) is 0 Å². The number of hydrogen-bond acceptors (Lipinski definition) is 2. The second-order valence-corrected chi connectivity index (χ2v) is 7.79. The van der Waals surface area contributed by atoms with Gasteiger partial charge in [-0.15, -0.1) is 0 Å². The number of benzene rings is 1. The van der Waals surface area contributed by atoms with Crippen LogP contribution in [-0.2, 0) is 9.59 Å². The minimum absolute atomic E-state index is 0.0213. The minimum atomic E-state index is -0.751. The van der Waals surface area contributed by atoms with Gasteiger partial charge >= 0.3 is 0 Å². The summed E-state index contributed by atoms with van der Waals surface area (Å²) in [6.07, 6.45) is 8.06. The summed E-state index contributed by atoms with van der Waals surface area (Å²) in [6.45, 7) is 3.96. The van der Waals surface area contributed by atoms with E-state index >= 15 is 0 Å². The monoisotopic (exact) mass is 342 g/mol. The number of likely N-dealkylation sites (tertiary alicyclic amines) is 1. The summed E-state index contributed by atoms with van der Waals surface area (Å²) in [5, 5.41) is 3.27. The number of amides is 2. The van der Waals surface area contributed by atoms with Crippen molar-refractivity contribution in [3.05, 3.63) is 35.9 Å². The zero-order valence-electron chi connectivity index (χ0n) is 15.5. The maximum Gasteiger partial charge on any atom is 0.245 e. The second kappa shape index (κ2) is 7.59. The summed E-state index contributed by atoms with van der Waals surface area (Å²) in [7, 11) is 0. The summed E-state index contributed by atoms with van der Waals surface area (Å²) in [6, 6.07) is 10.2. The van der Waals surface area contributed by atoms with Crippen LogP contribution >= 0.6 is 0 Å². The van der Waals surface area contributed by atoms with Crippen LogP contribution in [0.5, 0.6) is 0 Å². The summed E-state index contributed by atoms with van der Waals surface area (Å²) in [5.74, 6) is 0.0999. The van der Waals surface area contributed by atoms with Crippen molar-refractivity contribution in [3.8, 4) is 0 Å². The number of carbonyl (C=O) groups excluding carboxylic acids is 2. The average Bonchev–Trinajstić information content (AvgIpc) is 2.79. The molecule has 1 N–H and O–H groups in total. The molecule has 2 fully saturated rings. The van der Waals surface area contributed by atoms with Crippen LogP contribution in [0.2, 0.25) is 0 Å². The molecule has 4 nitrogen and oxygen atoms in total. The molecule has 1 saturated carbocycles. The van der Waals surface area contributed by atoms with Crippen molar-refractivity contribution >= 4 is 11.8 Å². The van der Waals surface area contributed by atoms with E-state index in [1.54, 1.807) is 0 Å². The van der Waals surface area contributed by atoms with Crippen molar-refractivity contribution < 1.29 is 9.59 Å². The lowest BCUT2D eigenvalue weighted by atomic mass is 9.93. The molecule has 2 amide bonds. The van der Waals surface area contributed by atoms with E-state index in [0.29, 0.717) is 12.8 Å². The number of nitrogens with zero attached hydrogens (tertiary/aromatic N) is 1. The third-order valence-corrected chi connectivity index (χ3v) is 5.97. The highest BCUT2D eigenvalue weighted by Crippen LogP contribution is 2.38. The van der Waals surface area contributed by atoms with Gasteiger partial charge in [-0.25, -0.2) is 0 Å². The number of hydrogen-bond donors (Lipinski definition) is 1. The van der Waals surface area contributed by atoms with Crippen molar-refractivity contribution in [2.75, 3.05) is 0 Å². The van der Waals surface area contributed by atoms with Gasteiger partial charge in [-0.3, -0.25) is 9.59 Å². The van der Waals surface area contributed by atoms with Gasteiger partial charge in [0, 0.05) is 12.5 Å². The zero-order valence-corrected chi connectivity index (χ0v) is 15.5. The molecule has 0 spiro atoms. The third-order valence-electron chi connectivity index (χ3n) is 5.97. The first-order valence-corrected chi connectivity index (χ1v) is 9.70. The molecule has 0 radical (unpaired) electrons. The van der Waals surface area contributed by atoms with E-state index in [4.69, 9.17) is 0 Å². The lowest BCUT2D eigenvalue weighted by Crippen LogP contribution is -2.56. The second-order valence-electron chi connectivity index (χ2n) is 7.79. The third kappa shape index (κ3) is 3.73. The van der Waals surface area contributed by atoms with Gasteiger partial charge in [0.05, 0.1) is 6.04 Å². The molecule has 2 unspecified atom stereocenters. The SMILES string of the molecule is CC(c1ccccc1)N1C(=O)CCC1(C)C(=O)NC1CCCCCC1. The molecule has 1 aliphatic carbocycles. The predicted molar refractivity (Wildman–Crippen MR) is 99.0 cm³/mol. The van der Waals surface area contributed by atoms with Gasteiger partial charge in [-0.05, 0) is 38.7 Å². The van der Waals surface area contributed by atoms with Gasteiger partial charge in [-0.2, -0.15) is 0 Å². The molecule has 2 atom stereocenters. The van der Waals surface area contributed by atoms with Gasteiger partial charge in [-0.1, -0.05) is 56.0 Å². The molecule has 0 bridgehead atoms. The highest BCUT2D eigenvalue weighted by Gasteiger charge is 2.49. The normalized spacial score (nSPS) is 26.3. The maximum absolute atomic E-state index is 13.1. The summed E-state index contributed by atoms with van der Waals surface area (Å²) < 4.78 is 0. The smallest absolute Gasteiger partial charge is 0.245 e. The van der Waals surface area contributed by atoms with E-state index in [1.807, 2.05) is 49.1 Å². The zero-order chi connectivity index (χ0) is 17.9. The van der Waals surface area contributed by atoms with Crippen LogP contribution in [0, 0.1) is 0 Å². The van der Waals surface area contributed by atoms with Gasteiger partial charge in [0.15, 0.2) is 0 Å². The molecular formula is C21H30N2O2. The molecule has 136 valence electrons. The Morgan fingerprint density at radius 3 is 2.44 bits per heavy atom. The Balaban J connectivity index is 1.77. The number of carbonyl (C=O) groups is 2. The highest BCUT2D eigenvalue weighted by atomic mass is 16.2. The van der Waals surface area contributed by atoms with E-state index < -0.39 is 5.54 Å². The molecule has 1 saturated heterocycles. The summed E-state index contributed by atoms with van der Waals surface area (Å²) >= 11 is 0. The highest BCUT2D eigenvalue weighted by molar-refractivity contribution is 5.94. The fourth-order valence-electron chi connectivity index (χ4n) is 4.38. The predicted octanol–water partition coefficient (Wildman–Crippen LogP) is 3.97. The van der Waals surface area contributed by atoms with Crippen molar-refractivity contribution in [1.29, 1.82) is 0 Å². The van der Waals surface area contributed by atoms with Gasteiger partial charge in [0.25, 0.3) is 0 Å². The van der Waals surface area contributed by atoms with Crippen LogP contribution < -0.4 is 5.32 Å². The molecule has 3 rings (SSSR count). The van der Waals surface area contributed by atoms with Crippen LogP contribution in [0.3, 0.4) is 0 Å². The van der Waals surface area contributed by atoms with Crippen molar-refractivity contribution in [3.63, 3.8) is 0 Å². The van der Waals surface area contributed by atoms with Crippen molar-refractivity contribution in [1.82, 2.24) is 10.2 Å². The average molecular weight is 342 g/mol. The largest absolute Gasteiger partial charge is 0.351 e. The summed E-state index contributed by atoms with van der Waals surface area (Å²) in [4.78, 5) is 27.6. The Bertz CT molecular complexity index is 608. The first-order valence-electron chi connectivity index (χ1n) is 9.70. The Kier molecular flexibility index (Phi) is 5.45. The first-order chi connectivity index (χ1) is 12.0. The summed E-state index contributed by atoms with van der Waals surface area (Å²) in [5.41, 5.74) is 0.324. The fourth-order valence-corrected chi connectivity index (χ4v) is 4.38. The Labute approximate surface area is 151 Å². The van der Waals surface area contributed by atoms with Crippen molar-refractivity contribution in [2.45, 2.75) is 82.8 Å². The van der Waals surface area contributed by atoms with Gasteiger partial charge in [0.2, 0.25) is 11.8 Å². The van der Waals surface area contributed by atoms with E-state index in [1.165, 1.54) is 25.7 Å². The molecule has 1 aliphatic heterocycles. The van der Waals surface area contributed by atoms with E-state index in [9.17, 15) is 9.59 Å². The Morgan fingerprint density at radius 1 is 1.16 bits per heavy atom. The first kappa shape index (κ1) is 18.0. The van der Waals surface area contributed by atoms with Crippen molar-refractivity contribution in [2.24, 2.45) is 0 Å². The van der Waals surface area contributed by atoms with E-state index in [-0.39, 0.29) is 23.9 Å². The van der Waals surface area contributed by atoms with Gasteiger partial charge in [0.1, 0.15) is 5.54 Å². The Morgan fingerprint density at radius 2 is 1.80 bits per heavy atom. The molecule has 2 aliphatic rings. The van der Waals surface area contributed by atoms with Crippen LogP contribution in [-0.4, -0.2) is 28.3 Å². The molecule has 1 heterocycles. The molecule has 1 aromatic carbocycles. The maximum atomic E-state index is 13.1. The number of rotatable bonds is 4. The molecule has 25 heavy (non-hydrogen) atoms. The molecule has 1 aromatic rings. The fraction of sp³-hybridized carbons (Fsp3) is 0.619. The minimum Gasteiger partial charge on any atom is -0.351 e. The molecular weight excluding hydrogens is 312 g/mol. The Hall–Kier alpha value is -1.84. The van der Waals surface area contributed by atoms with E-state index in [0.717, 1.165) is 18.4 Å². The standard InChI is InChI=1S/C21H30N2O2/c1-16(17-10-6-5-7-11-17)23-19(24)14-15-21(23,2)20(25)22-18-12-8-3-4-9-13-18/h5-7,10-11,16,18H,3-4,8-9,12-15H2,1-2H3,(H,22,25). The lowest BCUT2D eigenvalue weighted by molar-refractivity contribution is -0.143. The lowest BCUT2D eigenvalue weighted by Gasteiger charge is -2.39. The van der Waals surface area contributed by atoms with Crippen LogP contribution in [0.15, 0.2) is 30.3 Å². The van der Waals surface area contributed by atoms with Gasteiger partial charge < -0.3 is 10.2 Å². The van der Waals surface area contributed by atoms with Crippen LogP contribution in [0.1, 0.15) is 76.8 Å². The topological polar surface area (TPSA) is 49.4 Å². The number of nitrogens with one attached hydrogen (secondary N) is 1.